The van der Waals surface area contributed by atoms with Gasteiger partial charge in [-0.15, -0.1) is 0 Å². The molecule has 0 amide bonds. The fraction of sp³-hybridized carbons (Fsp3) is 0.600. The number of anilines is 1. The molecule has 108 valence electrons. The fourth-order valence-corrected chi connectivity index (χ4v) is 1.94. The molecule has 0 saturated carbocycles. The first-order valence-corrected chi connectivity index (χ1v) is 6.83. The summed E-state index contributed by atoms with van der Waals surface area (Å²) in [5.41, 5.74) is 8.22. The number of aliphatic hydroxyl groups excluding tert-OH is 1. The molecule has 0 aliphatic heterocycles. The van der Waals surface area contributed by atoms with Gasteiger partial charge in [0.25, 0.3) is 0 Å². The first-order chi connectivity index (χ1) is 8.99. The van der Waals surface area contributed by atoms with Crippen LogP contribution in [0.5, 0.6) is 0 Å². The van der Waals surface area contributed by atoms with Gasteiger partial charge in [-0.05, 0) is 30.5 Å². The van der Waals surface area contributed by atoms with Crippen molar-refractivity contribution >= 4 is 5.69 Å². The van der Waals surface area contributed by atoms with E-state index in [1.54, 1.807) is 0 Å². The fourth-order valence-electron chi connectivity index (χ4n) is 1.94. The van der Waals surface area contributed by atoms with E-state index in [2.05, 4.69) is 41.4 Å². The second kappa shape index (κ2) is 7.48. The van der Waals surface area contributed by atoms with Crippen LogP contribution < -0.4 is 16.0 Å². The SMILES string of the molecule is CC(CO)C(C)NC(CN)c1ccc(N(C)C)cc1. The van der Waals surface area contributed by atoms with Crippen LogP contribution in [0.2, 0.25) is 0 Å². The van der Waals surface area contributed by atoms with Crippen LogP contribution in [0.3, 0.4) is 0 Å². The molecule has 0 fully saturated rings. The third-order valence-electron chi connectivity index (χ3n) is 3.65. The number of nitrogens with zero attached hydrogens (tertiary/aromatic N) is 1. The highest BCUT2D eigenvalue weighted by Crippen LogP contribution is 2.18. The van der Waals surface area contributed by atoms with Crippen LogP contribution >= 0.6 is 0 Å². The molecular weight excluding hydrogens is 238 g/mol. The average Bonchev–Trinajstić information content (AvgIpc) is 2.43. The molecule has 0 aliphatic carbocycles. The zero-order valence-electron chi connectivity index (χ0n) is 12.4. The van der Waals surface area contributed by atoms with E-state index in [4.69, 9.17) is 5.73 Å². The van der Waals surface area contributed by atoms with Crippen LogP contribution in [-0.4, -0.2) is 38.4 Å². The molecule has 4 N–H and O–H groups in total. The lowest BCUT2D eigenvalue weighted by atomic mass is 10.0. The Kier molecular flexibility index (Phi) is 6.28. The Morgan fingerprint density at radius 2 is 1.79 bits per heavy atom. The van der Waals surface area contributed by atoms with E-state index in [9.17, 15) is 5.11 Å². The highest BCUT2D eigenvalue weighted by molar-refractivity contribution is 5.46. The normalized spacial score (nSPS) is 15.9. The molecule has 4 nitrogen and oxygen atoms in total. The molecule has 0 aromatic heterocycles. The molecule has 3 unspecified atom stereocenters. The molecule has 0 saturated heterocycles. The number of benzene rings is 1. The Hall–Kier alpha value is -1.10. The maximum atomic E-state index is 9.18. The predicted molar refractivity (Wildman–Crippen MR) is 81.4 cm³/mol. The molecule has 1 aromatic carbocycles. The summed E-state index contributed by atoms with van der Waals surface area (Å²) in [5, 5.41) is 12.7. The van der Waals surface area contributed by atoms with Gasteiger partial charge in [-0.2, -0.15) is 0 Å². The number of hydrogen-bond donors (Lipinski definition) is 3. The molecule has 0 bridgehead atoms. The van der Waals surface area contributed by atoms with Gasteiger partial charge in [0.2, 0.25) is 0 Å². The third kappa shape index (κ3) is 4.49. The average molecular weight is 265 g/mol. The van der Waals surface area contributed by atoms with E-state index >= 15 is 0 Å². The van der Waals surface area contributed by atoms with Crippen molar-refractivity contribution in [3.05, 3.63) is 29.8 Å². The summed E-state index contributed by atoms with van der Waals surface area (Å²) in [7, 11) is 4.05. The summed E-state index contributed by atoms with van der Waals surface area (Å²) >= 11 is 0. The Morgan fingerprint density at radius 3 is 2.21 bits per heavy atom. The van der Waals surface area contributed by atoms with Gasteiger partial charge in [0.15, 0.2) is 0 Å². The van der Waals surface area contributed by atoms with E-state index in [1.165, 1.54) is 11.3 Å². The first kappa shape index (κ1) is 16.0. The van der Waals surface area contributed by atoms with Crippen LogP contribution in [0.25, 0.3) is 0 Å². The summed E-state index contributed by atoms with van der Waals surface area (Å²) in [6.45, 7) is 4.84. The van der Waals surface area contributed by atoms with Crippen molar-refractivity contribution in [1.82, 2.24) is 5.32 Å². The minimum atomic E-state index is 0.125. The standard InChI is InChI=1S/C15H27N3O/c1-11(10-19)12(2)17-15(9-16)13-5-7-14(8-6-13)18(3)4/h5-8,11-12,15,17,19H,9-10,16H2,1-4H3. The number of hydrogen-bond acceptors (Lipinski definition) is 4. The number of nitrogens with one attached hydrogen (secondary N) is 1. The quantitative estimate of drug-likeness (QED) is 0.696. The van der Waals surface area contributed by atoms with E-state index in [1.807, 2.05) is 21.0 Å². The molecule has 4 heteroatoms. The second-order valence-electron chi connectivity index (χ2n) is 5.39. The van der Waals surface area contributed by atoms with E-state index in [0.717, 1.165) is 0 Å². The van der Waals surface area contributed by atoms with Gasteiger partial charge in [0.05, 0.1) is 0 Å². The molecular formula is C15H27N3O. The highest BCUT2D eigenvalue weighted by Gasteiger charge is 2.16. The van der Waals surface area contributed by atoms with Crippen LogP contribution in [-0.2, 0) is 0 Å². The highest BCUT2D eigenvalue weighted by atomic mass is 16.3. The van der Waals surface area contributed by atoms with Crippen molar-refractivity contribution < 1.29 is 5.11 Å². The largest absolute Gasteiger partial charge is 0.396 e. The Bertz CT molecular complexity index is 364. The molecule has 1 aromatic rings. The molecule has 0 heterocycles. The smallest absolute Gasteiger partial charge is 0.0471 e. The zero-order valence-corrected chi connectivity index (χ0v) is 12.4. The van der Waals surface area contributed by atoms with E-state index in [-0.39, 0.29) is 24.6 Å². The van der Waals surface area contributed by atoms with Crippen molar-refractivity contribution in [2.24, 2.45) is 11.7 Å². The van der Waals surface area contributed by atoms with Crippen molar-refractivity contribution in [2.45, 2.75) is 25.9 Å². The summed E-state index contributed by atoms with van der Waals surface area (Å²) in [6.07, 6.45) is 0. The molecule has 0 radical (unpaired) electrons. The van der Waals surface area contributed by atoms with Crippen molar-refractivity contribution in [1.29, 1.82) is 0 Å². The lowest BCUT2D eigenvalue weighted by Gasteiger charge is -2.26. The third-order valence-corrected chi connectivity index (χ3v) is 3.65. The minimum Gasteiger partial charge on any atom is -0.396 e. The number of aliphatic hydroxyl groups is 1. The van der Waals surface area contributed by atoms with Crippen molar-refractivity contribution in [3.8, 4) is 0 Å². The van der Waals surface area contributed by atoms with Crippen LogP contribution in [0.1, 0.15) is 25.5 Å². The minimum absolute atomic E-state index is 0.125. The molecule has 3 atom stereocenters. The summed E-state index contributed by atoms with van der Waals surface area (Å²) in [4.78, 5) is 2.07. The van der Waals surface area contributed by atoms with Crippen LogP contribution in [0, 0.1) is 5.92 Å². The van der Waals surface area contributed by atoms with Gasteiger partial charge in [-0.25, -0.2) is 0 Å². The van der Waals surface area contributed by atoms with Crippen molar-refractivity contribution in [3.63, 3.8) is 0 Å². The topological polar surface area (TPSA) is 61.5 Å². The number of rotatable bonds is 7. The van der Waals surface area contributed by atoms with Crippen LogP contribution in [0.4, 0.5) is 5.69 Å². The van der Waals surface area contributed by atoms with Gasteiger partial charge in [-0.3, -0.25) is 0 Å². The summed E-state index contributed by atoms with van der Waals surface area (Å²) in [5.74, 6) is 0.218. The van der Waals surface area contributed by atoms with Crippen molar-refractivity contribution in [2.75, 3.05) is 32.1 Å². The Morgan fingerprint density at radius 1 is 1.21 bits per heavy atom. The lowest BCUT2D eigenvalue weighted by Crippen LogP contribution is -2.39. The first-order valence-electron chi connectivity index (χ1n) is 6.83. The van der Waals surface area contributed by atoms with E-state index < -0.39 is 0 Å². The molecule has 0 aliphatic rings. The van der Waals surface area contributed by atoms with Crippen LogP contribution in [0.15, 0.2) is 24.3 Å². The Labute approximate surface area is 116 Å². The monoisotopic (exact) mass is 265 g/mol. The molecule has 1 rings (SSSR count). The van der Waals surface area contributed by atoms with E-state index in [0.29, 0.717) is 6.54 Å². The number of nitrogens with two attached hydrogens (primary N) is 1. The maximum absolute atomic E-state index is 9.18. The van der Waals surface area contributed by atoms with Gasteiger partial charge < -0.3 is 21.1 Å². The zero-order chi connectivity index (χ0) is 14.4. The maximum Gasteiger partial charge on any atom is 0.0471 e. The summed E-state index contributed by atoms with van der Waals surface area (Å²) < 4.78 is 0. The molecule has 19 heavy (non-hydrogen) atoms. The van der Waals surface area contributed by atoms with Gasteiger partial charge in [-0.1, -0.05) is 19.1 Å². The predicted octanol–water partition coefficient (Wildman–Crippen LogP) is 1.36. The van der Waals surface area contributed by atoms with Gasteiger partial charge in [0, 0.05) is 45.0 Å². The molecule has 0 spiro atoms. The lowest BCUT2D eigenvalue weighted by molar-refractivity contribution is 0.201. The van der Waals surface area contributed by atoms with Gasteiger partial charge in [0.1, 0.15) is 0 Å². The second-order valence-corrected chi connectivity index (χ2v) is 5.39. The summed E-state index contributed by atoms with van der Waals surface area (Å²) in [6, 6.07) is 8.76. The van der Waals surface area contributed by atoms with Gasteiger partial charge >= 0.3 is 0 Å². The Balaban J connectivity index is 2.74.